The Morgan fingerprint density at radius 3 is 2.60 bits per heavy atom. The smallest absolute Gasteiger partial charge is 0.000682 e. The molecular formula is C9H13N. The van der Waals surface area contributed by atoms with Gasteiger partial charge in [0, 0.05) is 6.20 Å². The lowest BCUT2D eigenvalue weighted by molar-refractivity contribution is 1.20. The van der Waals surface area contributed by atoms with Gasteiger partial charge in [-0.05, 0) is 24.8 Å². The molecule has 0 atom stereocenters. The van der Waals surface area contributed by atoms with Gasteiger partial charge in [0.05, 0.1) is 0 Å². The van der Waals surface area contributed by atoms with Gasteiger partial charge in [0.1, 0.15) is 0 Å². The third-order valence-corrected chi connectivity index (χ3v) is 0.941. The summed E-state index contributed by atoms with van der Waals surface area (Å²) in [7, 11) is 0. The molecular weight excluding hydrogens is 122 g/mol. The molecule has 0 unspecified atom stereocenters. The van der Waals surface area contributed by atoms with Crippen LogP contribution in [0.4, 0.5) is 0 Å². The van der Waals surface area contributed by atoms with Gasteiger partial charge in [-0.2, -0.15) is 0 Å². The molecule has 0 spiro atoms. The van der Waals surface area contributed by atoms with Gasteiger partial charge in [-0.3, -0.25) is 0 Å². The van der Waals surface area contributed by atoms with E-state index in [4.69, 9.17) is 0 Å². The van der Waals surface area contributed by atoms with E-state index in [0.717, 1.165) is 5.57 Å². The van der Waals surface area contributed by atoms with Crippen molar-refractivity contribution in [1.82, 2.24) is 5.32 Å². The zero-order valence-electron chi connectivity index (χ0n) is 6.30. The molecule has 0 aliphatic heterocycles. The average Bonchev–Trinajstić information content (AvgIpc) is 1.89. The quantitative estimate of drug-likeness (QED) is 0.583. The van der Waals surface area contributed by atoms with E-state index in [0.29, 0.717) is 0 Å². The summed E-state index contributed by atoms with van der Waals surface area (Å²) in [5, 5.41) is 2.85. The van der Waals surface area contributed by atoms with Crippen LogP contribution in [-0.2, 0) is 0 Å². The summed E-state index contributed by atoms with van der Waals surface area (Å²) in [6.45, 7) is 9.08. The van der Waals surface area contributed by atoms with Crippen LogP contribution in [-0.4, -0.2) is 0 Å². The van der Waals surface area contributed by atoms with Crippen molar-refractivity contribution in [3.05, 3.63) is 49.4 Å². The Balaban J connectivity index is 3.75. The molecule has 0 heterocycles. The van der Waals surface area contributed by atoms with Crippen LogP contribution < -0.4 is 5.32 Å². The van der Waals surface area contributed by atoms with Crippen LogP contribution in [0, 0.1) is 0 Å². The number of allylic oxidation sites excluding steroid dienone is 4. The highest BCUT2D eigenvalue weighted by atomic mass is 14.8. The van der Waals surface area contributed by atoms with Crippen molar-refractivity contribution in [2.45, 2.75) is 6.92 Å². The summed E-state index contributed by atoms with van der Waals surface area (Å²) in [6.07, 6.45) is 9.08. The maximum Gasteiger partial charge on any atom is 0.000682 e. The van der Waals surface area contributed by atoms with Crippen LogP contribution in [0.2, 0.25) is 0 Å². The minimum absolute atomic E-state index is 1.16. The fourth-order valence-electron chi connectivity index (χ4n) is 0.489. The average molecular weight is 135 g/mol. The first-order chi connectivity index (χ1) is 4.81. The molecule has 0 rings (SSSR count). The molecule has 0 saturated heterocycles. The molecule has 1 nitrogen and oxygen atoms in total. The fraction of sp³-hybridized carbons (Fsp3) is 0.111. The molecule has 0 aliphatic carbocycles. The van der Waals surface area contributed by atoms with Crippen molar-refractivity contribution < 1.29 is 0 Å². The molecule has 0 radical (unpaired) electrons. The Labute approximate surface area is 62.5 Å². The minimum Gasteiger partial charge on any atom is -0.368 e. The Kier molecular flexibility index (Phi) is 5.16. The van der Waals surface area contributed by atoms with E-state index in [-0.39, 0.29) is 0 Å². The monoisotopic (exact) mass is 135 g/mol. The normalized spacial score (nSPS) is 11.5. The Morgan fingerprint density at radius 2 is 2.10 bits per heavy atom. The lowest BCUT2D eigenvalue weighted by Gasteiger charge is -1.88. The molecule has 0 aromatic rings. The van der Waals surface area contributed by atoms with Gasteiger partial charge in [0.25, 0.3) is 0 Å². The second-order valence-corrected chi connectivity index (χ2v) is 1.85. The van der Waals surface area contributed by atoms with Gasteiger partial charge in [-0.25, -0.2) is 0 Å². The van der Waals surface area contributed by atoms with Crippen molar-refractivity contribution in [2.75, 3.05) is 0 Å². The Hall–Kier alpha value is -1.24. The van der Waals surface area contributed by atoms with Crippen LogP contribution in [0.3, 0.4) is 0 Å². The summed E-state index contributed by atoms with van der Waals surface area (Å²) in [4.78, 5) is 0. The molecule has 1 heteroatoms. The van der Waals surface area contributed by atoms with Crippen molar-refractivity contribution in [3.8, 4) is 0 Å². The number of rotatable bonds is 4. The van der Waals surface area contributed by atoms with Crippen LogP contribution in [0.1, 0.15) is 6.92 Å². The standard InChI is InChI=1S/C9H13N/c1-4-6-9(3)7-8-10-5-2/h4-8,10H,1-2H2,3H3/b8-7-,9-6-. The van der Waals surface area contributed by atoms with Crippen molar-refractivity contribution in [1.29, 1.82) is 0 Å². The molecule has 0 aliphatic rings. The van der Waals surface area contributed by atoms with E-state index in [9.17, 15) is 0 Å². The maximum absolute atomic E-state index is 3.58. The lowest BCUT2D eigenvalue weighted by Crippen LogP contribution is -1.88. The maximum atomic E-state index is 3.58. The first-order valence-electron chi connectivity index (χ1n) is 3.14. The van der Waals surface area contributed by atoms with Gasteiger partial charge in [0.2, 0.25) is 0 Å². The molecule has 0 fully saturated rings. The predicted octanol–water partition coefficient (Wildman–Crippen LogP) is 2.37. The molecule has 0 aromatic heterocycles. The van der Waals surface area contributed by atoms with Crippen molar-refractivity contribution >= 4 is 0 Å². The lowest BCUT2D eigenvalue weighted by atomic mass is 10.3. The van der Waals surface area contributed by atoms with Gasteiger partial charge in [-0.15, -0.1) is 0 Å². The zero-order valence-corrected chi connectivity index (χ0v) is 6.30. The first kappa shape index (κ1) is 8.76. The highest BCUT2D eigenvalue weighted by Gasteiger charge is 1.74. The summed E-state index contributed by atoms with van der Waals surface area (Å²) in [5.74, 6) is 0. The second-order valence-electron chi connectivity index (χ2n) is 1.85. The third-order valence-electron chi connectivity index (χ3n) is 0.941. The number of nitrogens with one attached hydrogen (secondary N) is 1. The highest BCUT2D eigenvalue weighted by Crippen LogP contribution is 1.92. The molecule has 0 aromatic carbocycles. The number of hydrogen-bond acceptors (Lipinski definition) is 1. The van der Waals surface area contributed by atoms with E-state index in [1.54, 1.807) is 12.3 Å². The third kappa shape index (κ3) is 4.91. The predicted molar refractivity (Wildman–Crippen MR) is 46.4 cm³/mol. The molecule has 0 saturated carbocycles. The molecule has 0 bridgehead atoms. The molecule has 0 amide bonds. The SMILES string of the molecule is C=C/C=C(C)\C=C/NC=C. The van der Waals surface area contributed by atoms with Gasteiger partial charge < -0.3 is 5.32 Å². The Morgan fingerprint density at radius 1 is 1.40 bits per heavy atom. The van der Waals surface area contributed by atoms with E-state index in [1.165, 1.54) is 0 Å². The molecule has 10 heavy (non-hydrogen) atoms. The largest absolute Gasteiger partial charge is 0.368 e. The van der Waals surface area contributed by atoms with Crippen LogP contribution in [0.15, 0.2) is 49.4 Å². The van der Waals surface area contributed by atoms with E-state index in [1.807, 2.05) is 25.3 Å². The van der Waals surface area contributed by atoms with Gasteiger partial charge >= 0.3 is 0 Å². The minimum atomic E-state index is 1.16. The van der Waals surface area contributed by atoms with Gasteiger partial charge in [0.15, 0.2) is 0 Å². The Bertz CT molecular complexity index is 164. The summed E-state index contributed by atoms with van der Waals surface area (Å²) in [6, 6.07) is 0. The zero-order chi connectivity index (χ0) is 7.82. The van der Waals surface area contributed by atoms with E-state index in [2.05, 4.69) is 18.5 Å². The summed E-state index contributed by atoms with van der Waals surface area (Å²) < 4.78 is 0. The number of hydrogen-bond donors (Lipinski definition) is 1. The van der Waals surface area contributed by atoms with Crippen LogP contribution in [0.25, 0.3) is 0 Å². The topological polar surface area (TPSA) is 12.0 Å². The van der Waals surface area contributed by atoms with Crippen molar-refractivity contribution in [3.63, 3.8) is 0 Å². The van der Waals surface area contributed by atoms with E-state index >= 15 is 0 Å². The van der Waals surface area contributed by atoms with Crippen LogP contribution >= 0.6 is 0 Å². The fourth-order valence-corrected chi connectivity index (χ4v) is 0.489. The van der Waals surface area contributed by atoms with Gasteiger partial charge in [-0.1, -0.05) is 25.3 Å². The van der Waals surface area contributed by atoms with Crippen molar-refractivity contribution in [2.24, 2.45) is 0 Å². The van der Waals surface area contributed by atoms with E-state index < -0.39 is 0 Å². The summed E-state index contributed by atoms with van der Waals surface area (Å²) >= 11 is 0. The first-order valence-corrected chi connectivity index (χ1v) is 3.14. The van der Waals surface area contributed by atoms with Crippen LogP contribution in [0.5, 0.6) is 0 Å². The molecule has 1 N–H and O–H groups in total. The molecule has 54 valence electrons. The highest BCUT2D eigenvalue weighted by molar-refractivity contribution is 5.20. The second kappa shape index (κ2) is 5.89. The summed E-state index contributed by atoms with van der Waals surface area (Å²) in [5.41, 5.74) is 1.16.